The van der Waals surface area contributed by atoms with Crippen molar-refractivity contribution in [1.29, 1.82) is 0 Å². The minimum absolute atomic E-state index is 0.308. The number of hydrogen-bond acceptors (Lipinski definition) is 3. The lowest BCUT2D eigenvalue weighted by molar-refractivity contribution is 0.00578. The zero-order valence-electron chi connectivity index (χ0n) is 12.5. The van der Waals surface area contributed by atoms with Gasteiger partial charge in [0.1, 0.15) is 22.1 Å². The van der Waals surface area contributed by atoms with Crippen LogP contribution in [-0.4, -0.2) is 21.1 Å². The van der Waals surface area contributed by atoms with Gasteiger partial charge in [-0.15, -0.1) is 0 Å². The highest BCUT2D eigenvalue weighted by molar-refractivity contribution is 6.29. The molecule has 2 aromatic rings. The van der Waals surface area contributed by atoms with Gasteiger partial charge in [0.25, 0.3) is 0 Å². The molecule has 1 aliphatic carbocycles. The number of ether oxygens (including phenoxy) is 1. The Morgan fingerprint density at radius 2 is 2.14 bits per heavy atom. The lowest BCUT2D eigenvalue weighted by atomic mass is 10.2. The molecule has 112 valence electrons. The van der Waals surface area contributed by atoms with Gasteiger partial charge < -0.3 is 9.30 Å². The van der Waals surface area contributed by atoms with E-state index in [2.05, 4.69) is 4.98 Å². The molecule has 0 unspecified atom stereocenters. The number of fused-ring (bicyclic) bond motifs is 1. The second-order valence-corrected chi connectivity index (χ2v) is 7.02. The summed E-state index contributed by atoms with van der Waals surface area (Å²) in [7, 11) is 0. The number of pyridine rings is 1. The van der Waals surface area contributed by atoms with Crippen molar-refractivity contribution in [2.24, 2.45) is 5.92 Å². The van der Waals surface area contributed by atoms with Crippen LogP contribution in [0.4, 0.5) is 0 Å². The van der Waals surface area contributed by atoms with E-state index in [1.807, 2.05) is 37.5 Å². The molecule has 1 saturated carbocycles. The molecule has 0 spiro atoms. The van der Waals surface area contributed by atoms with Gasteiger partial charge in [0.2, 0.25) is 0 Å². The fourth-order valence-electron chi connectivity index (χ4n) is 2.35. The number of carbonyl (C=O) groups is 1. The van der Waals surface area contributed by atoms with E-state index >= 15 is 0 Å². The molecule has 4 nitrogen and oxygen atoms in total. The standard InChI is InChI=1S/C16H19ClN2O2/c1-16(2,3)21-15(20)12-8-11-6-7-13(17)18-14(11)19(12)9-10-4-5-10/h6-8,10H,4-5,9H2,1-3H3. The number of esters is 1. The quantitative estimate of drug-likeness (QED) is 0.634. The molecule has 0 atom stereocenters. The zero-order valence-corrected chi connectivity index (χ0v) is 13.3. The van der Waals surface area contributed by atoms with Gasteiger partial charge in [-0.05, 0) is 57.7 Å². The molecule has 0 amide bonds. The van der Waals surface area contributed by atoms with Gasteiger partial charge >= 0.3 is 5.97 Å². The predicted molar refractivity (Wildman–Crippen MR) is 82.6 cm³/mol. The maximum Gasteiger partial charge on any atom is 0.355 e. The molecule has 21 heavy (non-hydrogen) atoms. The van der Waals surface area contributed by atoms with Crippen LogP contribution in [0, 0.1) is 5.92 Å². The number of rotatable bonds is 3. The molecule has 0 bridgehead atoms. The topological polar surface area (TPSA) is 44.1 Å². The molecule has 5 heteroatoms. The molecule has 3 rings (SSSR count). The third-order valence-corrected chi connectivity index (χ3v) is 3.67. The van der Waals surface area contributed by atoms with Gasteiger partial charge in [0.15, 0.2) is 0 Å². The molecule has 2 aromatic heterocycles. The number of carbonyl (C=O) groups excluding carboxylic acids is 1. The Labute approximate surface area is 129 Å². The molecular formula is C16H19ClN2O2. The fourth-order valence-corrected chi connectivity index (χ4v) is 2.49. The van der Waals surface area contributed by atoms with E-state index < -0.39 is 5.60 Å². The van der Waals surface area contributed by atoms with Crippen LogP contribution < -0.4 is 0 Å². The van der Waals surface area contributed by atoms with Crippen LogP contribution in [0.5, 0.6) is 0 Å². The van der Waals surface area contributed by atoms with E-state index in [9.17, 15) is 4.79 Å². The lowest BCUT2D eigenvalue weighted by Gasteiger charge is -2.20. The van der Waals surface area contributed by atoms with E-state index in [0.717, 1.165) is 17.6 Å². The van der Waals surface area contributed by atoms with Crippen molar-refractivity contribution in [1.82, 2.24) is 9.55 Å². The summed E-state index contributed by atoms with van der Waals surface area (Å²) in [6, 6.07) is 5.47. The van der Waals surface area contributed by atoms with Crippen LogP contribution in [0.1, 0.15) is 44.1 Å². The van der Waals surface area contributed by atoms with Crippen molar-refractivity contribution in [3.63, 3.8) is 0 Å². The fraction of sp³-hybridized carbons (Fsp3) is 0.500. The normalized spacial score (nSPS) is 15.4. The van der Waals surface area contributed by atoms with E-state index in [1.165, 1.54) is 12.8 Å². The molecule has 1 aliphatic rings. The summed E-state index contributed by atoms with van der Waals surface area (Å²) in [6.45, 7) is 6.40. The minimum atomic E-state index is -0.511. The molecule has 2 heterocycles. The third kappa shape index (κ3) is 3.21. The van der Waals surface area contributed by atoms with Crippen molar-refractivity contribution in [3.8, 4) is 0 Å². The second kappa shape index (κ2) is 5.02. The van der Waals surface area contributed by atoms with Crippen LogP contribution in [0.25, 0.3) is 11.0 Å². The van der Waals surface area contributed by atoms with Gasteiger partial charge in [-0.25, -0.2) is 9.78 Å². The lowest BCUT2D eigenvalue weighted by Crippen LogP contribution is -2.25. The van der Waals surface area contributed by atoms with E-state index in [4.69, 9.17) is 16.3 Å². The smallest absolute Gasteiger partial charge is 0.355 e. The number of nitrogens with zero attached hydrogens (tertiary/aromatic N) is 2. The highest BCUT2D eigenvalue weighted by atomic mass is 35.5. The van der Waals surface area contributed by atoms with Gasteiger partial charge in [0.05, 0.1) is 0 Å². The molecule has 0 aliphatic heterocycles. The Bertz CT molecular complexity index is 696. The summed E-state index contributed by atoms with van der Waals surface area (Å²) >= 11 is 6.00. The van der Waals surface area contributed by atoms with Crippen molar-refractivity contribution >= 4 is 28.6 Å². The minimum Gasteiger partial charge on any atom is -0.455 e. The van der Waals surface area contributed by atoms with Gasteiger partial charge in [-0.2, -0.15) is 0 Å². The first kappa shape index (κ1) is 14.4. The molecular weight excluding hydrogens is 288 g/mol. The Hall–Kier alpha value is -1.55. The highest BCUT2D eigenvalue weighted by Crippen LogP contribution is 2.33. The molecule has 0 aromatic carbocycles. The molecule has 0 saturated heterocycles. The largest absolute Gasteiger partial charge is 0.455 e. The molecule has 0 radical (unpaired) electrons. The van der Waals surface area contributed by atoms with Crippen molar-refractivity contribution in [2.75, 3.05) is 0 Å². The summed E-state index contributed by atoms with van der Waals surface area (Å²) in [5.41, 5.74) is 0.806. The molecule has 1 fully saturated rings. The summed E-state index contributed by atoms with van der Waals surface area (Å²) in [4.78, 5) is 16.8. The van der Waals surface area contributed by atoms with Gasteiger partial charge in [0, 0.05) is 11.9 Å². The molecule has 0 N–H and O–H groups in total. The second-order valence-electron chi connectivity index (χ2n) is 6.63. The Morgan fingerprint density at radius 3 is 2.76 bits per heavy atom. The monoisotopic (exact) mass is 306 g/mol. The summed E-state index contributed by atoms with van der Waals surface area (Å²) < 4.78 is 7.46. The first-order valence-corrected chi connectivity index (χ1v) is 7.60. The first-order chi connectivity index (χ1) is 9.83. The number of hydrogen-bond donors (Lipinski definition) is 0. The summed E-state index contributed by atoms with van der Waals surface area (Å²) in [5.74, 6) is 0.319. The van der Waals surface area contributed by atoms with Gasteiger partial charge in [-0.3, -0.25) is 0 Å². The Kier molecular flexibility index (Phi) is 3.44. The number of aromatic nitrogens is 2. The van der Waals surface area contributed by atoms with Gasteiger partial charge in [-0.1, -0.05) is 11.6 Å². The van der Waals surface area contributed by atoms with Crippen LogP contribution in [-0.2, 0) is 11.3 Å². The van der Waals surface area contributed by atoms with E-state index in [1.54, 1.807) is 6.07 Å². The van der Waals surface area contributed by atoms with Crippen molar-refractivity contribution < 1.29 is 9.53 Å². The van der Waals surface area contributed by atoms with Crippen LogP contribution in [0.3, 0.4) is 0 Å². The Morgan fingerprint density at radius 1 is 1.43 bits per heavy atom. The maximum atomic E-state index is 12.4. The number of halogens is 1. The average Bonchev–Trinajstić information content (AvgIpc) is 3.10. The maximum absolute atomic E-state index is 12.4. The zero-order chi connectivity index (χ0) is 15.2. The van der Waals surface area contributed by atoms with E-state index in [0.29, 0.717) is 16.8 Å². The first-order valence-electron chi connectivity index (χ1n) is 7.22. The summed E-state index contributed by atoms with van der Waals surface area (Å²) in [5, 5.41) is 1.36. The SMILES string of the molecule is CC(C)(C)OC(=O)c1cc2ccc(Cl)nc2n1CC1CC1. The van der Waals surface area contributed by atoms with Crippen LogP contribution in [0.15, 0.2) is 18.2 Å². The van der Waals surface area contributed by atoms with Crippen LogP contribution in [0.2, 0.25) is 5.15 Å². The summed E-state index contributed by atoms with van der Waals surface area (Å²) in [6.07, 6.45) is 2.40. The third-order valence-electron chi connectivity index (χ3n) is 3.46. The van der Waals surface area contributed by atoms with Crippen molar-refractivity contribution in [3.05, 3.63) is 29.0 Å². The van der Waals surface area contributed by atoms with E-state index in [-0.39, 0.29) is 5.97 Å². The average molecular weight is 307 g/mol. The van der Waals surface area contributed by atoms with Crippen LogP contribution >= 0.6 is 11.6 Å². The highest BCUT2D eigenvalue weighted by Gasteiger charge is 2.28. The predicted octanol–water partition coefficient (Wildman–Crippen LogP) is 4.06. The Balaban J connectivity index is 2.05. The van der Waals surface area contributed by atoms with Crippen molar-refractivity contribution in [2.45, 2.75) is 45.8 Å².